The van der Waals surface area contributed by atoms with Crippen LogP contribution < -0.4 is 4.74 Å². The average molecular weight is 284 g/mol. The van der Waals surface area contributed by atoms with E-state index in [1.165, 1.54) is 6.20 Å². The average Bonchev–Trinajstić information content (AvgIpc) is 2.28. The number of rotatable bonds is 5. The summed E-state index contributed by atoms with van der Waals surface area (Å²) in [5, 5.41) is 0.438. The fourth-order valence-corrected chi connectivity index (χ4v) is 1.67. The molecule has 0 saturated carbocycles. The van der Waals surface area contributed by atoms with E-state index in [2.05, 4.69) is 25.8 Å². The van der Waals surface area contributed by atoms with Crippen molar-refractivity contribution in [1.82, 2.24) is 4.98 Å². The molecule has 0 radical (unpaired) electrons. The van der Waals surface area contributed by atoms with Gasteiger partial charge in [0, 0.05) is 12.1 Å². The minimum atomic E-state index is -0.129. The summed E-state index contributed by atoms with van der Waals surface area (Å²) in [6, 6.07) is 1.64. The molecule has 0 aliphatic carbocycles. The first-order chi connectivity index (χ1) is 8.72. The van der Waals surface area contributed by atoms with Gasteiger partial charge in [-0.3, -0.25) is 4.79 Å². The Hall–Kier alpha value is -1.09. The maximum absolute atomic E-state index is 12.1. The third-order valence-electron chi connectivity index (χ3n) is 2.71. The van der Waals surface area contributed by atoms with Gasteiger partial charge in [0.15, 0.2) is 11.5 Å². The number of ether oxygens (including phenoxy) is 1. The minimum absolute atomic E-state index is 0.0479. The molecule has 0 amide bonds. The van der Waals surface area contributed by atoms with Crippen molar-refractivity contribution in [3.8, 4) is 5.75 Å². The summed E-state index contributed by atoms with van der Waals surface area (Å²) in [5.41, 5.74) is 0.507. The van der Waals surface area contributed by atoms with E-state index >= 15 is 0 Å². The van der Waals surface area contributed by atoms with Crippen LogP contribution in [0, 0.1) is 11.3 Å². The Labute approximate surface area is 120 Å². The van der Waals surface area contributed by atoms with Crippen LogP contribution in [0.15, 0.2) is 12.3 Å². The van der Waals surface area contributed by atoms with Gasteiger partial charge < -0.3 is 4.74 Å². The Morgan fingerprint density at radius 2 is 2.05 bits per heavy atom. The predicted molar refractivity (Wildman–Crippen MR) is 78.0 cm³/mol. The van der Waals surface area contributed by atoms with E-state index in [0.717, 1.165) is 6.42 Å². The van der Waals surface area contributed by atoms with Crippen LogP contribution in [0.25, 0.3) is 0 Å². The molecule has 106 valence electrons. The van der Waals surface area contributed by atoms with Crippen molar-refractivity contribution in [2.45, 2.75) is 41.0 Å². The summed E-state index contributed by atoms with van der Waals surface area (Å²) >= 11 is 6.11. The second kappa shape index (κ2) is 6.38. The quantitative estimate of drug-likeness (QED) is 0.752. The van der Waals surface area contributed by atoms with Gasteiger partial charge in [-0.05, 0) is 17.9 Å². The zero-order valence-electron chi connectivity index (χ0n) is 12.3. The fraction of sp³-hybridized carbons (Fsp3) is 0.600. The Morgan fingerprint density at radius 3 is 2.58 bits per heavy atom. The van der Waals surface area contributed by atoms with E-state index in [0.29, 0.717) is 23.1 Å². The summed E-state index contributed by atoms with van der Waals surface area (Å²) in [6.07, 6.45) is 2.42. The number of carbonyl (C=O) groups excluding carboxylic acids is 1. The largest absolute Gasteiger partial charge is 0.490 e. The molecule has 4 heteroatoms. The first-order valence-electron chi connectivity index (χ1n) is 6.54. The van der Waals surface area contributed by atoms with Crippen LogP contribution in [0.4, 0.5) is 0 Å². The summed E-state index contributed by atoms with van der Waals surface area (Å²) < 4.78 is 5.70. The van der Waals surface area contributed by atoms with Gasteiger partial charge in [-0.2, -0.15) is 0 Å². The second-order valence-corrected chi connectivity index (χ2v) is 6.56. The van der Waals surface area contributed by atoms with Crippen LogP contribution in [0.5, 0.6) is 5.75 Å². The lowest BCUT2D eigenvalue weighted by molar-refractivity contribution is 0.0929. The lowest BCUT2D eigenvalue weighted by Gasteiger charge is -2.19. The molecule has 1 heterocycles. The zero-order chi connectivity index (χ0) is 14.6. The van der Waals surface area contributed by atoms with Gasteiger partial charge in [0.2, 0.25) is 0 Å². The Kier molecular flexibility index (Phi) is 5.36. The molecule has 0 N–H and O–H groups in total. The number of carbonyl (C=O) groups is 1. The van der Waals surface area contributed by atoms with Gasteiger partial charge in [0.05, 0.1) is 11.6 Å². The van der Waals surface area contributed by atoms with Crippen LogP contribution in [0.2, 0.25) is 5.02 Å². The van der Waals surface area contributed by atoms with Crippen molar-refractivity contribution in [2.75, 3.05) is 6.61 Å². The molecule has 0 aliphatic rings. The summed E-state index contributed by atoms with van der Waals surface area (Å²) in [5.74, 6) is 0.233. The molecule has 3 nitrogen and oxygen atoms in total. The predicted octanol–water partition coefficient (Wildman–Crippen LogP) is 4.39. The lowest BCUT2D eigenvalue weighted by atomic mass is 9.93. The van der Waals surface area contributed by atoms with Crippen molar-refractivity contribution in [1.29, 1.82) is 0 Å². The zero-order valence-corrected chi connectivity index (χ0v) is 13.0. The Morgan fingerprint density at radius 1 is 1.42 bits per heavy atom. The number of aromatic nitrogens is 1. The normalized spacial score (nSPS) is 11.7. The molecule has 0 bridgehead atoms. The molecule has 1 rings (SSSR count). The molecule has 0 atom stereocenters. The standard InChI is InChI=1S/C15H22ClNO2/c1-10(2)13(18)12-14(11(16)6-8-17-12)19-9-7-15(3,4)5/h6,8,10H,7,9H2,1-5H3. The van der Waals surface area contributed by atoms with E-state index < -0.39 is 0 Å². The molecular formula is C15H22ClNO2. The Balaban J connectivity index is 2.90. The van der Waals surface area contributed by atoms with Gasteiger partial charge in [0.25, 0.3) is 0 Å². The summed E-state index contributed by atoms with van der Waals surface area (Å²) in [4.78, 5) is 16.2. The first kappa shape index (κ1) is 16.0. The number of halogens is 1. The van der Waals surface area contributed by atoms with E-state index in [9.17, 15) is 4.79 Å². The molecule has 0 aliphatic heterocycles. The highest BCUT2D eigenvalue weighted by molar-refractivity contribution is 6.32. The smallest absolute Gasteiger partial charge is 0.187 e. The minimum Gasteiger partial charge on any atom is -0.490 e. The fourth-order valence-electron chi connectivity index (χ4n) is 1.47. The van der Waals surface area contributed by atoms with Gasteiger partial charge in [-0.25, -0.2) is 4.98 Å². The molecule has 19 heavy (non-hydrogen) atoms. The van der Waals surface area contributed by atoms with E-state index in [-0.39, 0.29) is 17.1 Å². The van der Waals surface area contributed by atoms with Crippen LogP contribution in [0.1, 0.15) is 51.5 Å². The highest BCUT2D eigenvalue weighted by Crippen LogP contribution is 2.29. The Bertz CT molecular complexity index is 450. The van der Waals surface area contributed by atoms with Gasteiger partial charge in [-0.15, -0.1) is 0 Å². The number of nitrogens with zero attached hydrogens (tertiary/aromatic N) is 1. The first-order valence-corrected chi connectivity index (χ1v) is 6.91. The number of Topliss-reactive ketones (excluding diaryl/α,β-unsaturated/α-hetero) is 1. The van der Waals surface area contributed by atoms with Gasteiger partial charge in [0.1, 0.15) is 5.69 Å². The number of hydrogen-bond donors (Lipinski definition) is 0. The molecule has 0 aromatic carbocycles. The van der Waals surface area contributed by atoms with E-state index in [4.69, 9.17) is 16.3 Å². The van der Waals surface area contributed by atoms with E-state index in [1.807, 2.05) is 13.8 Å². The van der Waals surface area contributed by atoms with Crippen LogP contribution in [-0.4, -0.2) is 17.4 Å². The third kappa shape index (κ3) is 4.83. The summed E-state index contributed by atoms with van der Waals surface area (Å²) in [7, 11) is 0. The SMILES string of the molecule is CC(C)C(=O)c1nccc(Cl)c1OCCC(C)(C)C. The van der Waals surface area contributed by atoms with Crippen molar-refractivity contribution >= 4 is 17.4 Å². The number of pyridine rings is 1. The van der Waals surface area contributed by atoms with Crippen LogP contribution in [-0.2, 0) is 0 Å². The molecular weight excluding hydrogens is 262 g/mol. The van der Waals surface area contributed by atoms with Crippen molar-refractivity contribution < 1.29 is 9.53 Å². The number of ketones is 1. The lowest BCUT2D eigenvalue weighted by Crippen LogP contribution is -2.15. The van der Waals surface area contributed by atoms with E-state index in [1.54, 1.807) is 6.07 Å². The molecule has 0 fully saturated rings. The monoisotopic (exact) mass is 283 g/mol. The number of hydrogen-bond acceptors (Lipinski definition) is 3. The molecule has 0 spiro atoms. The van der Waals surface area contributed by atoms with Crippen LogP contribution >= 0.6 is 11.6 Å². The maximum Gasteiger partial charge on any atom is 0.187 e. The van der Waals surface area contributed by atoms with Gasteiger partial charge >= 0.3 is 0 Å². The maximum atomic E-state index is 12.1. The summed E-state index contributed by atoms with van der Waals surface area (Å²) in [6.45, 7) is 10.6. The highest BCUT2D eigenvalue weighted by Gasteiger charge is 2.20. The third-order valence-corrected chi connectivity index (χ3v) is 3.01. The van der Waals surface area contributed by atoms with Crippen molar-refractivity contribution in [2.24, 2.45) is 11.3 Å². The highest BCUT2D eigenvalue weighted by atomic mass is 35.5. The molecule has 1 aromatic rings. The topological polar surface area (TPSA) is 39.2 Å². The second-order valence-electron chi connectivity index (χ2n) is 6.15. The molecule has 0 saturated heterocycles. The molecule has 0 unspecified atom stereocenters. The van der Waals surface area contributed by atoms with Crippen LogP contribution in [0.3, 0.4) is 0 Å². The van der Waals surface area contributed by atoms with Crippen molar-refractivity contribution in [3.05, 3.63) is 23.0 Å². The van der Waals surface area contributed by atoms with Gasteiger partial charge in [-0.1, -0.05) is 46.2 Å². The molecule has 1 aromatic heterocycles. The van der Waals surface area contributed by atoms with Crippen molar-refractivity contribution in [3.63, 3.8) is 0 Å².